The molecule has 1 aromatic carbocycles. The minimum atomic E-state index is -0.420. The fourth-order valence-electron chi connectivity index (χ4n) is 3.17. The van der Waals surface area contributed by atoms with Gasteiger partial charge in [-0.25, -0.2) is 9.18 Å². The van der Waals surface area contributed by atoms with Crippen LogP contribution in [0.3, 0.4) is 0 Å². The topological polar surface area (TPSA) is 64.6 Å². The van der Waals surface area contributed by atoms with E-state index in [1.807, 2.05) is 13.8 Å². The van der Waals surface area contributed by atoms with Gasteiger partial charge in [-0.3, -0.25) is 0 Å². The molecule has 2 amide bonds. The van der Waals surface area contributed by atoms with Crippen molar-refractivity contribution in [2.45, 2.75) is 46.1 Å². The highest BCUT2D eigenvalue weighted by molar-refractivity contribution is 5.89. The molecule has 0 bridgehead atoms. The smallest absolute Gasteiger partial charge is 0.319 e. The number of rotatable bonds is 6. The molecular weight excluding hydrogens is 309 g/mol. The summed E-state index contributed by atoms with van der Waals surface area (Å²) >= 11 is 0. The maximum absolute atomic E-state index is 13.8. The molecule has 1 aromatic rings. The molecule has 0 unspecified atom stereocenters. The molecule has 1 fully saturated rings. The number of amides is 2. The van der Waals surface area contributed by atoms with Crippen molar-refractivity contribution in [3.05, 3.63) is 24.0 Å². The molecule has 0 aliphatic carbocycles. The van der Waals surface area contributed by atoms with Gasteiger partial charge >= 0.3 is 6.03 Å². The fraction of sp³-hybridized carbons (Fsp3) is 0.611. The molecule has 134 valence electrons. The van der Waals surface area contributed by atoms with Crippen molar-refractivity contribution in [3.63, 3.8) is 0 Å². The standard InChI is InChI=1S/C18H28FN3O2/c1-13(23)11-18(2,3)12-20-17(24)21-15-8-14(19)9-16(10-15)22-6-4-5-7-22/h8-10,13,23H,4-7,11-12H2,1-3H3,(H2,20,21,24)/t13-/m0/s1. The Kier molecular flexibility index (Phi) is 6.04. The van der Waals surface area contributed by atoms with Gasteiger partial charge in [0.25, 0.3) is 0 Å². The van der Waals surface area contributed by atoms with Crippen LogP contribution in [0.15, 0.2) is 18.2 Å². The Morgan fingerprint density at radius 1 is 1.33 bits per heavy atom. The molecular formula is C18H28FN3O2. The highest BCUT2D eigenvalue weighted by Crippen LogP contribution is 2.25. The maximum atomic E-state index is 13.8. The number of nitrogens with zero attached hydrogens (tertiary/aromatic N) is 1. The molecule has 1 heterocycles. The lowest BCUT2D eigenvalue weighted by atomic mass is 9.87. The third kappa shape index (κ3) is 5.67. The predicted octanol–water partition coefficient (Wildman–Crippen LogP) is 3.34. The van der Waals surface area contributed by atoms with E-state index in [0.29, 0.717) is 18.7 Å². The van der Waals surface area contributed by atoms with Crippen molar-refractivity contribution in [2.24, 2.45) is 5.41 Å². The van der Waals surface area contributed by atoms with E-state index in [9.17, 15) is 14.3 Å². The Labute approximate surface area is 143 Å². The summed E-state index contributed by atoms with van der Waals surface area (Å²) in [7, 11) is 0. The average Bonchev–Trinajstić information content (AvgIpc) is 2.97. The van der Waals surface area contributed by atoms with Gasteiger partial charge in [-0.05, 0) is 49.8 Å². The van der Waals surface area contributed by atoms with E-state index >= 15 is 0 Å². The van der Waals surface area contributed by atoms with Crippen LogP contribution in [-0.4, -0.2) is 36.9 Å². The van der Waals surface area contributed by atoms with E-state index in [0.717, 1.165) is 31.6 Å². The maximum Gasteiger partial charge on any atom is 0.319 e. The zero-order valence-corrected chi connectivity index (χ0v) is 14.7. The highest BCUT2D eigenvalue weighted by Gasteiger charge is 2.21. The molecule has 1 aliphatic rings. The fourth-order valence-corrected chi connectivity index (χ4v) is 3.17. The van der Waals surface area contributed by atoms with Gasteiger partial charge in [-0.15, -0.1) is 0 Å². The van der Waals surface area contributed by atoms with Crippen LogP contribution in [0.5, 0.6) is 0 Å². The van der Waals surface area contributed by atoms with Gasteiger partial charge in [0.05, 0.1) is 6.10 Å². The van der Waals surface area contributed by atoms with Crippen LogP contribution >= 0.6 is 0 Å². The molecule has 24 heavy (non-hydrogen) atoms. The van der Waals surface area contributed by atoms with Crippen LogP contribution in [0.1, 0.15) is 40.0 Å². The number of aliphatic hydroxyl groups excluding tert-OH is 1. The Balaban J connectivity index is 1.94. The number of benzene rings is 1. The first-order chi connectivity index (χ1) is 11.2. The summed E-state index contributed by atoms with van der Waals surface area (Å²) in [6.45, 7) is 7.96. The lowest BCUT2D eigenvalue weighted by molar-refractivity contribution is 0.129. The molecule has 1 atom stereocenters. The van der Waals surface area contributed by atoms with Crippen molar-refractivity contribution in [2.75, 3.05) is 29.9 Å². The first kappa shape index (κ1) is 18.5. The number of halogens is 1. The van der Waals surface area contributed by atoms with Gasteiger partial charge in [0, 0.05) is 31.0 Å². The summed E-state index contributed by atoms with van der Waals surface area (Å²) in [5.74, 6) is -0.357. The normalized spacial score (nSPS) is 16.1. The zero-order chi connectivity index (χ0) is 17.7. The number of hydrogen-bond acceptors (Lipinski definition) is 3. The van der Waals surface area contributed by atoms with Gasteiger partial charge in [-0.1, -0.05) is 13.8 Å². The minimum Gasteiger partial charge on any atom is -0.393 e. The van der Waals surface area contributed by atoms with Crippen LogP contribution < -0.4 is 15.5 Å². The van der Waals surface area contributed by atoms with Crippen LogP contribution in [0.2, 0.25) is 0 Å². The van der Waals surface area contributed by atoms with Crippen molar-refractivity contribution in [1.82, 2.24) is 5.32 Å². The lowest BCUT2D eigenvalue weighted by Gasteiger charge is -2.26. The van der Waals surface area contributed by atoms with Crippen LogP contribution in [0.25, 0.3) is 0 Å². The summed E-state index contributed by atoms with van der Waals surface area (Å²) in [6, 6.07) is 4.25. The second-order valence-electron chi connectivity index (χ2n) is 7.42. The summed E-state index contributed by atoms with van der Waals surface area (Å²) in [6.07, 6.45) is 2.39. The molecule has 0 radical (unpaired) electrons. The summed E-state index contributed by atoms with van der Waals surface area (Å²) < 4.78 is 13.8. The first-order valence-corrected chi connectivity index (χ1v) is 8.54. The molecule has 1 saturated heterocycles. The second kappa shape index (κ2) is 7.83. The molecule has 2 rings (SSSR count). The molecule has 6 heteroatoms. The summed E-state index contributed by atoms with van der Waals surface area (Å²) in [5.41, 5.74) is 1.04. The van der Waals surface area contributed by atoms with Gasteiger partial charge in [0.15, 0.2) is 0 Å². The van der Waals surface area contributed by atoms with E-state index in [4.69, 9.17) is 0 Å². The molecule has 5 nitrogen and oxygen atoms in total. The Morgan fingerprint density at radius 3 is 2.62 bits per heavy atom. The zero-order valence-electron chi connectivity index (χ0n) is 14.7. The monoisotopic (exact) mass is 337 g/mol. The molecule has 1 aliphatic heterocycles. The van der Waals surface area contributed by atoms with Crippen LogP contribution in [0.4, 0.5) is 20.6 Å². The largest absolute Gasteiger partial charge is 0.393 e. The second-order valence-corrected chi connectivity index (χ2v) is 7.42. The van der Waals surface area contributed by atoms with Crippen LogP contribution in [0, 0.1) is 11.2 Å². The molecule has 3 N–H and O–H groups in total. The van der Waals surface area contributed by atoms with E-state index in [-0.39, 0.29) is 17.3 Å². The Bertz CT molecular complexity index is 569. The van der Waals surface area contributed by atoms with Crippen molar-refractivity contribution < 1.29 is 14.3 Å². The van der Waals surface area contributed by atoms with Crippen molar-refractivity contribution in [3.8, 4) is 0 Å². The number of carbonyl (C=O) groups excluding carboxylic acids is 1. The highest BCUT2D eigenvalue weighted by atomic mass is 19.1. The Morgan fingerprint density at radius 2 is 2.00 bits per heavy atom. The molecule has 0 spiro atoms. The molecule has 0 aromatic heterocycles. The number of nitrogens with one attached hydrogen (secondary N) is 2. The lowest BCUT2D eigenvalue weighted by Crippen LogP contribution is -2.38. The van der Waals surface area contributed by atoms with Gasteiger partial charge in [-0.2, -0.15) is 0 Å². The van der Waals surface area contributed by atoms with Gasteiger partial charge in [0.1, 0.15) is 5.82 Å². The number of carbonyl (C=O) groups is 1. The van der Waals surface area contributed by atoms with Gasteiger partial charge in [0.2, 0.25) is 0 Å². The Hall–Kier alpha value is -1.82. The van der Waals surface area contributed by atoms with Crippen LogP contribution in [-0.2, 0) is 0 Å². The van der Waals surface area contributed by atoms with Crippen molar-refractivity contribution >= 4 is 17.4 Å². The number of anilines is 2. The number of hydrogen-bond donors (Lipinski definition) is 3. The van der Waals surface area contributed by atoms with E-state index in [1.165, 1.54) is 12.1 Å². The average molecular weight is 337 g/mol. The molecule has 0 saturated carbocycles. The SMILES string of the molecule is C[C@H](O)CC(C)(C)CNC(=O)Nc1cc(F)cc(N2CCCC2)c1. The third-order valence-corrected chi connectivity index (χ3v) is 4.19. The first-order valence-electron chi connectivity index (χ1n) is 8.54. The van der Waals surface area contributed by atoms with Gasteiger partial charge < -0.3 is 20.6 Å². The predicted molar refractivity (Wildman–Crippen MR) is 94.9 cm³/mol. The number of urea groups is 1. The van der Waals surface area contributed by atoms with E-state index in [2.05, 4.69) is 15.5 Å². The summed E-state index contributed by atoms with van der Waals surface area (Å²) in [4.78, 5) is 14.2. The number of aliphatic hydroxyl groups is 1. The van der Waals surface area contributed by atoms with E-state index in [1.54, 1.807) is 13.0 Å². The van der Waals surface area contributed by atoms with E-state index < -0.39 is 6.10 Å². The quantitative estimate of drug-likeness (QED) is 0.746. The summed E-state index contributed by atoms with van der Waals surface area (Å²) in [5, 5.41) is 15.0. The third-order valence-electron chi connectivity index (χ3n) is 4.19. The minimum absolute atomic E-state index is 0.214. The van der Waals surface area contributed by atoms with Crippen molar-refractivity contribution in [1.29, 1.82) is 0 Å².